The van der Waals surface area contributed by atoms with Crippen LogP contribution in [-0.4, -0.2) is 98.0 Å². The first-order chi connectivity index (χ1) is 35.4. The quantitative estimate of drug-likeness (QED) is 0.0192. The Bertz CT molecular complexity index is 2560. The molecule has 386 valence electrons. The molecule has 18 heteroatoms. The number of nitrogens with one attached hydrogen (secondary N) is 7. The molecule has 0 bridgehead atoms. The maximum Gasteiger partial charge on any atom is 0.344 e. The molecule has 0 aliphatic heterocycles. The molecule has 5 aromatic carbocycles. The van der Waals surface area contributed by atoms with Crippen LogP contribution in [0.3, 0.4) is 0 Å². The molecule has 73 heavy (non-hydrogen) atoms. The van der Waals surface area contributed by atoms with Crippen molar-refractivity contribution in [1.82, 2.24) is 37.2 Å². The number of hydrogen-bond donors (Lipinski definition) is 10. The summed E-state index contributed by atoms with van der Waals surface area (Å²) in [5, 5.41) is 29.5. The molecular weight excluding hydrogens is 929 g/mol. The number of carbonyl (C=O) groups is 6. The average molecular weight is 997 g/mol. The highest BCUT2D eigenvalue weighted by atomic mass is 16.5. The van der Waals surface area contributed by atoms with Gasteiger partial charge in [-0.3, -0.25) is 24.0 Å². The van der Waals surface area contributed by atoms with Crippen molar-refractivity contribution in [1.29, 1.82) is 0 Å². The van der Waals surface area contributed by atoms with Crippen LogP contribution in [0.4, 0.5) is 4.79 Å². The third-order valence-corrected chi connectivity index (χ3v) is 11.5. The van der Waals surface area contributed by atoms with Gasteiger partial charge in [0.1, 0.15) is 23.6 Å². The molecular formula is C55H68N10O8. The molecule has 3 atom stereocenters. The lowest BCUT2D eigenvalue weighted by Crippen LogP contribution is -2.48. The molecule has 0 saturated heterocycles. The molecule has 1 unspecified atom stereocenters. The van der Waals surface area contributed by atoms with Crippen molar-refractivity contribution in [3.8, 4) is 22.6 Å². The Hall–Kier alpha value is -8.25. The predicted molar refractivity (Wildman–Crippen MR) is 281 cm³/mol. The topological polar surface area (TPSA) is 280 Å². The highest BCUT2D eigenvalue weighted by Gasteiger charge is 2.28. The minimum atomic E-state index is -0.985. The van der Waals surface area contributed by atoms with Gasteiger partial charge in [-0.1, -0.05) is 116 Å². The average Bonchev–Trinajstić information content (AvgIpc) is 3.40. The van der Waals surface area contributed by atoms with E-state index in [4.69, 9.17) is 16.2 Å². The highest BCUT2D eigenvalue weighted by molar-refractivity contribution is 5.93. The van der Waals surface area contributed by atoms with Gasteiger partial charge in [-0.05, 0) is 83.3 Å². The van der Waals surface area contributed by atoms with Crippen LogP contribution in [0, 0.1) is 0 Å². The van der Waals surface area contributed by atoms with Crippen molar-refractivity contribution >= 4 is 41.5 Å². The second kappa shape index (κ2) is 30.5. The molecule has 0 aliphatic carbocycles. The fraction of sp³-hybridized carbons (Fsp3) is 0.327. The lowest BCUT2D eigenvalue weighted by atomic mass is 9.90. The van der Waals surface area contributed by atoms with Gasteiger partial charge in [0.05, 0.1) is 12.5 Å². The molecule has 0 aliphatic rings. The van der Waals surface area contributed by atoms with Crippen LogP contribution in [0.25, 0.3) is 11.1 Å². The summed E-state index contributed by atoms with van der Waals surface area (Å²) >= 11 is 0. The third kappa shape index (κ3) is 19.8. The van der Waals surface area contributed by atoms with Crippen molar-refractivity contribution in [2.75, 3.05) is 39.3 Å². The number of urea groups is 1. The first-order valence-corrected chi connectivity index (χ1v) is 24.6. The summed E-state index contributed by atoms with van der Waals surface area (Å²) in [7, 11) is 0. The number of phenolic OH excluding ortho intramolecular Hbond substituents is 1. The van der Waals surface area contributed by atoms with Gasteiger partial charge in [-0.15, -0.1) is 0 Å². The van der Waals surface area contributed by atoms with Crippen molar-refractivity contribution in [2.24, 2.45) is 16.5 Å². The number of carbonyl (C=O) groups excluding carboxylic acids is 6. The summed E-state index contributed by atoms with van der Waals surface area (Å²) in [6, 6.07) is 38.2. The number of nitrogens with zero attached hydrogens (tertiary/aromatic N) is 1. The molecule has 5 aromatic rings. The molecule has 0 fully saturated rings. The number of aliphatic imine (C=N–C) groups is 1. The molecule has 0 radical (unpaired) electrons. The van der Waals surface area contributed by atoms with Crippen molar-refractivity contribution < 1.29 is 38.6 Å². The Kier molecular flexibility index (Phi) is 23.2. The Labute approximate surface area is 426 Å². The number of benzene rings is 5. The number of amides is 7. The summed E-state index contributed by atoms with van der Waals surface area (Å²) in [4.78, 5) is 81.6. The van der Waals surface area contributed by atoms with E-state index in [-0.39, 0.29) is 75.0 Å². The van der Waals surface area contributed by atoms with Gasteiger partial charge in [-0.2, -0.15) is 4.99 Å². The van der Waals surface area contributed by atoms with Crippen LogP contribution < -0.4 is 53.4 Å². The Morgan fingerprint density at radius 1 is 0.603 bits per heavy atom. The van der Waals surface area contributed by atoms with E-state index in [0.29, 0.717) is 62.1 Å². The van der Waals surface area contributed by atoms with E-state index in [1.165, 1.54) is 12.1 Å². The number of guanidine groups is 1. The Balaban J connectivity index is 1.17. The van der Waals surface area contributed by atoms with Crippen LogP contribution >= 0.6 is 0 Å². The van der Waals surface area contributed by atoms with E-state index < -0.39 is 35.8 Å². The number of ether oxygens (including phenoxy) is 1. The second-order valence-corrected chi connectivity index (χ2v) is 17.1. The second-order valence-electron chi connectivity index (χ2n) is 17.1. The van der Waals surface area contributed by atoms with E-state index in [0.717, 1.165) is 22.3 Å². The molecule has 12 N–H and O–H groups in total. The zero-order chi connectivity index (χ0) is 52.2. The number of nitrogens with two attached hydrogens (primary N) is 2. The maximum absolute atomic E-state index is 14.5. The highest BCUT2D eigenvalue weighted by Crippen LogP contribution is 2.28. The fourth-order valence-corrected chi connectivity index (χ4v) is 7.64. The zero-order valence-corrected chi connectivity index (χ0v) is 41.2. The van der Waals surface area contributed by atoms with E-state index in [1.807, 2.05) is 91.0 Å². The van der Waals surface area contributed by atoms with Crippen molar-refractivity contribution in [2.45, 2.75) is 76.4 Å². The van der Waals surface area contributed by atoms with E-state index in [9.17, 15) is 33.9 Å². The predicted octanol–water partition coefficient (Wildman–Crippen LogP) is 4.26. The maximum atomic E-state index is 14.5. The molecule has 18 nitrogen and oxygen atoms in total. The lowest BCUT2D eigenvalue weighted by molar-refractivity contribution is -0.129. The monoisotopic (exact) mass is 997 g/mol. The van der Waals surface area contributed by atoms with Gasteiger partial charge >= 0.3 is 6.03 Å². The van der Waals surface area contributed by atoms with Crippen LogP contribution in [0.15, 0.2) is 138 Å². The molecule has 0 spiro atoms. The SMILES string of the molecule is CCC(=O)NCCNC(=O)/N=C(/N)NCCC[C@@H](NC(=O)C(c1ccccc1)c1cccc(OCCCCNC(=O)[C@@H](Cc2ccc(-c3ccccc3)cc2)NC(=O)CCN)c1)C(=O)NCc1ccc(O)cc1. The van der Waals surface area contributed by atoms with Crippen molar-refractivity contribution in [3.05, 3.63) is 156 Å². The van der Waals surface area contributed by atoms with E-state index in [2.05, 4.69) is 42.2 Å². The number of unbranched alkanes of at least 4 members (excludes halogenated alkanes) is 1. The summed E-state index contributed by atoms with van der Waals surface area (Å²) in [5.74, 6) is -1.95. The number of hydrogen-bond acceptors (Lipinski definition) is 9. The standard InChI is InChI=1S/C55H68N10O8/c1-2-48(67)58-32-33-61-55(72)65-54(57)60-31-12-19-46(51(69)62-37-39-22-26-44(66)27-23-39)64-53(71)50(42-15-7-4-8-16-42)43-17-11-18-45(36-43)73-34-10-9-30-59-52(70)47(63-49(68)28-29-56)35-38-20-24-41(25-21-38)40-13-5-3-6-14-40/h3-8,11,13-18,20-27,36,46-47,50,66H,2,9-10,12,19,28-35,37,56H2,1H3,(H,58,67)(H,59,70)(H,62,69)(H,63,68)(H,64,71)(H4,57,60,61,65,72)/t46-,47-,50?/m1/s1. The van der Waals surface area contributed by atoms with Gasteiger partial charge < -0.3 is 58.5 Å². The van der Waals surface area contributed by atoms with Gasteiger partial charge in [0.25, 0.3) is 0 Å². The Morgan fingerprint density at radius 2 is 1.25 bits per heavy atom. The Morgan fingerprint density at radius 3 is 1.96 bits per heavy atom. The summed E-state index contributed by atoms with van der Waals surface area (Å²) in [6.07, 6.45) is 2.47. The van der Waals surface area contributed by atoms with Gasteiger partial charge in [-0.25, -0.2) is 4.79 Å². The number of phenols is 1. The van der Waals surface area contributed by atoms with E-state index in [1.54, 1.807) is 37.3 Å². The van der Waals surface area contributed by atoms with Crippen LogP contribution in [0.5, 0.6) is 11.5 Å². The largest absolute Gasteiger partial charge is 0.508 e. The normalized spacial score (nSPS) is 12.3. The fourth-order valence-electron chi connectivity index (χ4n) is 7.64. The minimum Gasteiger partial charge on any atom is -0.508 e. The molecule has 0 saturated carbocycles. The summed E-state index contributed by atoms with van der Waals surface area (Å²) in [6.45, 7) is 3.35. The van der Waals surface area contributed by atoms with Gasteiger partial charge in [0, 0.05) is 58.5 Å². The van der Waals surface area contributed by atoms with E-state index >= 15 is 0 Å². The van der Waals surface area contributed by atoms with Crippen molar-refractivity contribution in [3.63, 3.8) is 0 Å². The molecule has 7 amide bonds. The first kappa shape index (κ1) is 55.7. The molecule has 0 aromatic heterocycles. The summed E-state index contributed by atoms with van der Waals surface area (Å²) < 4.78 is 6.15. The third-order valence-electron chi connectivity index (χ3n) is 11.5. The molecule has 5 rings (SSSR count). The first-order valence-electron chi connectivity index (χ1n) is 24.6. The van der Waals surface area contributed by atoms with Gasteiger partial charge in [0.2, 0.25) is 29.5 Å². The van der Waals surface area contributed by atoms with Gasteiger partial charge in [0.15, 0.2) is 5.96 Å². The molecule has 0 heterocycles. The minimum absolute atomic E-state index is 0.0885. The lowest BCUT2D eigenvalue weighted by Gasteiger charge is -2.24. The number of aromatic hydroxyl groups is 1. The van der Waals surface area contributed by atoms with Crippen LogP contribution in [0.2, 0.25) is 0 Å². The van der Waals surface area contributed by atoms with Crippen LogP contribution in [0.1, 0.15) is 73.6 Å². The van der Waals surface area contributed by atoms with Crippen LogP contribution in [-0.2, 0) is 36.9 Å². The smallest absolute Gasteiger partial charge is 0.344 e. The number of rotatable bonds is 28. The summed E-state index contributed by atoms with van der Waals surface area (Å²) in [5.41, 5.74) is 16.6. The zero-order valence-electron chi connectivity index (χ0n) is 41.2.